The van der Waals surface area contributed by atoms with Gasteiger partial charge in [0.1, 0.15) is 5.82 Å². The molecule has 17 heavy (non-hydrogen) atoms. The van der Waals surface area contributed by atoms with E-state index in [4.69, 9.17) is 0 Å². The molecular weight excluding hydrogens is 213 g/mol. The molecule has 0 radical (unpaired) electrons. The molecule has 0 heterocycles. The summed E-state index contributed by atoms with van der Waals surface area (Å²) in [4.78, 5) is 0. The van der Waals surface area contributed by atoms with Gasteiger partial charge in [0.05, 0.1) is 0 Å². The summed E-state index contributed by atoms with van der Waals surface area (Å²) >= 11 is 0. The highest BCUT2D eigenvalue weighted by Gasteiger charge is 2.00. The second-order valence-corrected chi connectivity index (χ2v) is 4.29. The van der Waals surface area contributed by atoms with Gasteiger partial charge in [-0.25, -0.2) is 4.39 Å². The topological polar surface area (TPSA) is 12.0 Å². The van der Waals surface area contributed by atoms with Gasteiger partial charge in [0, 0.05) is 12.2 Å². The van der Waals surface area contributed by atoms with E-state index < -0.39 is 0 Å². The fraction of sp³-hybridized carbons (Fsp3) is 0.200. The Balaban J connectivity index is 2.04. The van der Waals surface area contributed by atoms with Crippen molar-refractivity contribution in [3.05, 3.63) is 65.0 Å². The van der Waals surface area contributed by atoms with E-state index >= 15 is 0 Å². The molecule has 0 aliphatic carbocycles. The van der Waals surface area contributed by atoms with E-state index in [-0.39, 0.29) is 5.82 Å². The molecule has 0 atom stereocenters. The van der Waals surface area contributed by atoms with Crippen molar-refractivity contribution in [1.29, 1.82) is 0 Å². The number of halogens is 1. The van der Waals surface area contributed by atoms with Gasteiger partial charge < -0.3 is 5.32 Å². The van der Waals surface area contributed by atoms with Gasteiger partial charge in [-0.3, -0.25) is 0 Å². The molecule has 2 aromatic carbocycles. The Kier molecular flexibility index (Phi) is 3.43. The lowest BCUT2D eigenvalue weighted by Crippen LogP contribution is -2.01. The zero-order valence-electron chi connectivity index (χ0n) is 10.1. The number of rotatable bonds is 3. The van der Waals surface area contributed by atoms with Gasteiger partial charge in [0.15, 0.2) is 0 Å². The molecule has 0 fully saturated rings. The van der Waals surface area contributed by atoms with E-state index in [1.807, 2.05) is 25.1 Å². The first kappa shape index (κ1) is 11.6. The van der Waals surface area contributed by atoms with Gasteiger partial charge in [0.2, 0.25) is 0 Å². The monoisotopic (exact) mass is 229 g/mol. The van der Waals surface area contributed by atoms with Crippen LogP contribution in [0, 0.1) is 19.7 Å². The fourth-order valence-electron chi connectivity index (χ4n) is 1.73. The van der Waals surface area contributed by atoms with Crippen LogP contribution >= 0.6 is 0 Å². The van der Waals surface area contributed by atoms with Crippen LogP contribution in [0.5, 0.6) is 0 Å². The highest BCUT2D eigenvalue weighted by molar-refractivity contribution is 5.45. The van der Waals surface area contributed by atoms with E-state index in [9.17, 15) is 4.39 Å². The van der Waals surface area contributed by atoms with Gasteiger partial charge in [-0.1, -0.05) is 23.8 Å². The number of aryl methyl sites for hydroxylation is 2. The molecule has 0 spiro atoms. The third-order valence-electron chi connectivity index (χ3n) is 2.84. The van der Waals surface area contributed by atoms with Gasteiger partial charge in [-0.2, -0.15) is 0 Å². The molecular formula is C15H16FN. The molecule has 2 rings (SSSR count). The van der Waals surface area contributed by atoms with Crippen molar-refractivity contribution in [1.82, 2.24) is 0 Å². The Morgan fingerprint density at radius 3 is 2.35 bits per heavy atom. The van der Waals surface area contributed by atoms with E-state index in [0.29, 0.717) is 0 Å². The summed E-state index contributed by atoms with van der Waals surface area (Å²) < 4.78 is 12.9. The molecule has 1 N–H and O–H groups in total. The smallest absolute Gasteiger partial charge is 0.123 e. The van der Waals surface area contributed by atoms with Crippen LogP contribution in [0.15, 0.2) is 42.5 Å². The number of benzene rings is 2. The fourth-order valence-corrected chi connectivity index (χ4v) is 1.73. The predicted molar refractivity (Wildman–Crippen MR) is 69.6 cm³/mol. The largest absolute Gasteiger partial charge is 0.381 e. The summed E-state index contributed by atoms with van der Waals surface area (Å²) in [6.45, 7) is 4.71. The van der Waals surface area contributed by atoms with Gasteiger partial charge in [-0.15, -0.1) is 0 Å². The number of anilines is 1. The zero-order valence-corrected chi connectivity index (χ0v) is 10.1. The first-order valence-electron chi connectivity index (χ1n) is 5.71. The van der Waals surface area contributed by atoms with Crippen LogP contribution in [-0.4, -0.2) is 0 Å². The number of hydrogen-bond donors (Lipinski definition) is 1. The summed E-state index contributed by atoms with van der Waals surface area (Å²) in [5.74, 6) is -0.179. The molecule has 0 aliphatic rings. The van der Waals surface area contributed by atoms with Crippen molar-refractivity contribution >= 4 is 5.69 Å². The molecule has 0 bridgehead atoms. The molecule has 0 saturated carbocycles. The minimum atomic E-state index is -0.179. The summed E-state index contributed by atoms with van der Waals surface area (Å²) in [5.41, 5.74) is 4.42. The van der Waals surface area contributed by atoms with Gasteiger partial charge in [0.25, 0.3) is 0 Å². The van der Waals surface area contributed by atoms with Crippen molar-refractivity contribution in [3.63, 3.8) is 0 Å². The first-order valence-corrected chi connectivity index (χ1v) is 5.71. The Morgan fingerprint density at radius 2 is 1.71 bits per heavy atom. The molecule has 1 nitrogen and oxygen atoms in total. The number of hydrogen-bond acceptors (Lipinski definition) is 1. The third kappa shape index (κ3) is 3.06. The minimum absolute atomic E-state index is 0.179. The lowest BCUT2D eigenvalue weighted by atomic mass is 10.1. The average molecular weight is 229 g/mol. The molecule has 0 saturated heterocycles. The molecule has 0 aromatic heterocycles. The molecule has 88 valence electrons. The maximum atomic E-state index is 12.9. The van der Waals surface area contributed by atoms with Crippen molar-refractivity contribution < 1.29 is 4.39 Å². The molecule has 0 unspecified atom stereocenters. The van der Waals surface area contributed by atoms with Crippen molar-refractivity contribution in [2.24, 2.45) is 0 Å². The second kappa shape index (κ2) is 5.00. The quantitative estimate of drug-likeness (QED) is 0.837. The van der Waals surface area contributed by atoms with Crippen LogP contribution < -0.4 is 5.32 Å². The van der Waals surface area contributed by atoms with Crippen molar-refractivity contribution in [2.45, 2.75) is 20.4 Å². The summed E-state index contributed by atoms with van der Waals surface area (Å²) in [7, 11) is 0. The molecule has 2 aromatic rings. The van der Waals surface area contributed by atoms with Crippen LogP contribution in [0.25, 0.3) is 0 Å². The standard InChI is InChI=1S/C15H16FN/c1-11-3-7-15(8-4-11)17-10-13-5-6-14(16)9-12(13)2/h3-9,17H,10H2,1-2H3. The molecule has 0 aliphatic heterocycles. The van der Waals surface area contributed by atoms with E-state index in [2.05, 4.69) is 24.4 Å². The zero-order chi connectivity index (χ0) is 12.3. The third-order valence-corrected chi connectivity index (χ3v) is 2.84. The Bertz CT molecular complexity index is 503. The second-order valence-electron chi connectivity index (χ2n) is 4.29. The molecule has 2 heteroatoms. The molecule has 0 amide bonds. The average Bonchev–Trinajstić information content (AvgIpc) is 2.30. The van der Waals surface area contributed by atoms with E-state index in [0.717, 1.165) is 23.4 Å². The maximum Gasteiger partial charge on any atom is 0.123 e. The Morgan fingerprint density at radius 1 is 1.00 bits per heavy atom. The number of nitrogens with one attached hydrogen (secondary N) is 1. The highest BCUT2D eigenvalue weighted by Crippen LogP contribution is 2.14. The SMILES string of the molecule is Cc1ccc(NCc2ccc(F)cc2C)cc1. The van der Waals surface area contributed by atoms with Crippen LogP contribution in [0.1, 0.15) is 16.7 Å². The Labute approximate surface area is 101 Å². The predicted octanol–water partition coefficient (Wildman–Crippen LogP) is 4.05. The highest BCUT2D eigenvalue weighted by atomic mass is 19.1. The Hall–Kier alpha value is -1.83. The van der Waals surface area contributed by atoms with Crippen LogP contribution in [0.3, 0.4) is 0 Å². The minimum Gasteiger partial charge on any atom is -0.381 e. The van der Waals surface area contributed by atoms with E-state index in [1.165, 1.54) is 11.6 Å². The first-order chi connectivity index (χ1) is 8.15. The van der Waals surface area contributed by atoms with Crippen LogP contribution in [-0.2, 0) is 6.54 Å². The van der Waals surface area contributed by atoms with Crippen LogP contribution in [0.2, 0.25) is 0 Å². The van der Waals surface area contributed by atoms with Gasteiger partial charge in [-0.05, 0) is 49.2 Å². The lowest BCUT2D eigenvalue weighted by Gasteiger charge is -2.09. The summed E-state index contributed by atoms with van der Waals surface area (Å²) in [5, 5.41) is 3.33. The summed E-state index contributed by atoms with van der Waals surface area (Å²) in [6.07, 6.45) is 0. The van der Waals surface area contributed by atoms with Crippen LogP contribution in [0.4, 0.5) is 10.1 Å². The summed E-state index contributed by atoms with van der Waals surface area (Å²) in [6, 6.07) is 13.1. The van der Waals surface area contributed by atoms with Gasteiger partial charge >= 0.3 is 0 Å². The van der Waals surface area contributed by atoms with Crippen molar-refractivity contribution in [2.75, 3.05) is 5.32 Å². The van der Waals surface area contributed by atoms with E-state index in [1.54, 1.807) is 6.07 Å². The normalized spacial score (nSPS) is 10.3. The van der Waals surface area contributed by atoms with Crippen molar-refractivity contribution in [3.8, 4) is 0 Å². The maximum absolute atomic E-state index is 12.9. The lowest BCUT2D eigenvalue weighted by molar-refractivity contribution is 0.625.